The highest BCUT2D eigenvalue weighted by Gasteiger charge is 2.26. The predicted octanol–water partition coefficient (Wildman–Crippen LogP) is 9.18. The fourth-order valence-electron chi connectivity index (χ4n) is 5.33. The van der Waals surface area contributed by atoms with Crippen LogP contribution in [0.2, 0.25) is 0 Å². The molecule has 172 valence electrons. The Kier molecular flexibility index (Phi) is 10.7. The van der Waals surface area contributed by atoms with Crippen LogP contribution >= 0.6 is 0 Å². The lowest BCUT2D eigenvalue weighted by Crippen LogP contribution is -2.22. The molecular formula is C29H43FO. The summed E-state index contributed by atoms with van der Waals surface area (Å²) in [7, 11) is 0. The Morgan fingerprint density at radius 1 is 1.06 bits per heavy atom. The second-order valence-electron chi connectivity index (χ2n) is 9.80. The Morgan fingerprint density at radius 3 is 2.42 bits per heavy atom. The molecule has 31 heavy (non-hydrogen) atoms. The van der Waals surface area contributed by atoms with Gasteiger partial charge in [0.05, 0.1) is 0 Å². The van der Waals surface area contributed by atoms with E-state index in [2.05, 4.69) is 27.0 Å². The number of rotatable bonds is 13. The average Bonchev–Trinajstić information content (AvgIpc) is 2.74. The molecule has 1 aliphatic carbocycles. The van der Waals surface area contributed by atoms with Crippen molar-refractivity contribution in [3.63, 3.8) is 0 Å². The fourth-order valence-corrected chi connectivity index (χ4v) is 5.33. The highest BCUT2D eigenvalue weighted by Crippen LogP contribution is 2.38. The second-order valence-corrected chi connectivity index (χ2v) is 9.80. The van der Waals surface area contributed by atoms with Crippen molar-refractivity contribution in [2.24, 2.45) is 17.8 Å². The fraction of sp³-hybridized carbons (Fsp3) is 0.621. The standard InChI is InChI=1S/C29H43FO/c1-6-12-25-15-10-11-16-26(25)19-23(4)21(2)13-8-7-9-14-22(3)28-18-17-27(30)20-29(28)24(5)31/h17-18,20,23,25-26H,2-3,6-16,19H2,1,4-5H3. The van der Waals surface area contributed by atoms with Crippen LogP contribution in [0.15, 0.2) is 36.9 Å². The van der Waals surface area contributed by atoms with Gasteiger partial charge in [0.15, 0.2) is 5.78 Å². The van der Waals surface area contributed by atoms with E-state index in [1.165, 1.54) is 69.6 Å². The maximum Gasteiger partial charge on any atom is 0.160 e. The van der Waals surface area contributed by atoms with Crippen LogP contribution < -0.4 is 0 Å². The van der Waals surface area contributed by atoms with Crippen molar-refractivity contribution in [3.8, 4) is 0 Å². The summed E-state index contributed by atoms with van der Waals surface area (Å²) in [6.45, 7) is 14.7. The largest absolute Gasteiger partial charge is 0.294 e. The monoisotopic (exact) mass is 426 g/mol. The van der Waals surface area contributed by atoms with E-state index < -0.39 is 0 Å². The van der Waals surface area contributed by atoms with Crippen LogP contribution in [0.5, 0.6) is 0 Å². The summed E-state index contributed by atoms with van der Waals surface area (Å²) in [5.74, 6) is 1.97. The molecule has 0 heterocycles. The molecule has 2 heteroatoms. The van der Waals surface area contributed by atoms with Crippen LogP contribution in [-0.2, 0) is 0 Å². The molecule has 2 rings (SSSR count). The third kappa shape index (κ3) is 8.05. The summed E-state index contributed by atoms with van der Waals surface area (Å²) in [4.78, 5) is 11.8. The molecule has 0 radical (unpaired) electrons. The Morgan fingerprint density at radius 2 is 1.74 bits per heavy atom. The van der Waals surface area contributed by atoms with Crippen molar-refractivity contribution >= 4 is 11.4 Å². The van der Waals surface area contributed by atoms with Gasteiger partial charge in [0.25, 0.3) is 0 Å². The number of unbranched alkanes of at least 4 members (excludes halogenated alkanes) is 2. The molecule has 3 atom stereocenters. The third-order valence-corrected chi connectivity index (χ3v) is 7.30. The van der Waals surface area contributed by atoms with Crippen molar-refractivity contribution in [1.29, 1.82) is 0 Å². The van der Waals surface area contributed by atoms with Crippen molar-refractivity contribution < 1.29 is 9.18 Å². The zero-order chi connectivity index (χ0) is 22.8. The zero-order valence-corrected chi connectivity index (χ0v) is 20.1. The van der Waals surface area contributed by atoms with Gasteiger partial charge in [0.2, 0.25) is 0 Å². The lowest BCUT2D eigenvalue weighted by atomic mass is 9.72. The number of ketones is 1. The summed E-state index contributed by atoms with van der Waals surface area (Å²) in [5.41, 5.74) is 3.58. The first-order chi connectivity index (χ1) is 14.8. The second kappa shape index (κ2) is 13.0. The Balaban J connectivity index is 1.72. The van der Waals surface area contributed by atoms with Gasteiger partial charge in [-0.2, -0.15) is 0 Å². The number of carbonyl (C=O) groups excluding carboxylic acids is 1. The van der Waals surface area contributed by atoms with Gasteiger partial charge in [-0.25, -0.2) is 4.39 Å². The van der Waals surface area contributed by atoms with E-state index in [1.54, 1.807) is 6.07 Å². The van der Waals surface area contributed by atoms with E-state index in [1.807, 2.05) is 0 Å². The highest BCUT2D eigenvalue weighted by atomic mass is 19.1. The topological polar surface area (TPSA) is 17.1 Å². The molecule has 0 spiro atoms. The number of Topliss-reactive ketones (excluding diaryl/α,β-unsaturated/α-hetero) is 1. The summed E-state index contributed by atoms with van der Waals surface area (Å²) in [6, 6.07) is 4.43. The molecule has 1 nitrogen and oxygen atoms in total. The van der Waals surface area contributed by atoms with Crippen molar-refractivity contribution in [1.82, 2.24) is 0 Å². The van der Waals surface area contributed by atoms with Crippen molar-refractivity contribution in [2.75, 3.05) is 0 Å². The van der Waals surface area contributed by atoms with Gasteiger partial charge >= 0.3 is 0 Å². The molecule has 1 saturated carbocycles. The Bertz CT molecular complexity index is 745. The van der Waals surface area contributed by atoms with Crippen LogP contribution in [0.25, 0.3) is 5.57 Å². The highest BCUT2D eigenvalue weighted by molar-refractivity contribution is 5.98. The van der Waals surface area contributed by atoms with Gasteiger partial charge in [-0.15, -0.1) is 0 Å². The zero-order valence-electron chi connectivity index (χ0n) is 20.1. The lowest BCUT2D eigenvalue weighted by molar-refractivity contribution is 0.101. The number of carbonyl (C=O) groups is 1. The van der Waals surface area contributed by atoms with Crippen LogP contribution in [0, 0.1) is 23.6 Å². The summed E-state index contributed by atoms with van der Waals surface area (Å²) < 4.78 is 13.5. The minimum atomic E-state index is -0.372. The number of hydrogen-bond acceptors (Lipinski definition) is 1. The Labute approximate surface area is 190 Å². The maximum absolute atomic E-state index is 13.5. The van der Waals surface area contributed by atoms with Crippen molar-refractivity contribution in [3.05, 3.63) is 53.9 Å². The van der Waals surface area contributed by atoms with Crippen LogP contribution in [0.3, 0.4) is 0 Å². The minimum Gasteiger partial charge on any atom is -0.294 e. The van der Waals surface area contributed by atoms with E-state index >= 15 is 0 Å². The quantitative estimate of drug-likeness (QED) is 0.174. The molecule has 1 fully saturated rings. The predicted molar refractivity (Wildman–Crippen MR) is 132 cm³/mol. The normalized spacial score (nSPS) is 19.7. The molecule has 1 aliphatic rings. The molecule has 0 saturated heterocycles. The minimum absolute atomic E-state index is 0.111. The van der Waals surface area contributed by atoms with Gasteiger partial charge < -0.3 is 0 Å². The number of hydrogen-bond donors (Lipinski definition) is 0. The van der Waals surface area contributed by atoms with Crippen molar-refractivity contribution in [2.45, 2.75) is 97.8 Å². The summed E-state index contributed by atoms with van der Waals surface area (Å²) in [6.07, 6.45) is 15.0. The first-order valence-corrected chi connectivity index (χ1v) is 12.5. The van der Waals surface area contributed by atoms with Gasteiger partial charge in [-0.3, -0.25) is 4.79 Å². The number of allylic oxidation sites excluding steroid dienone is 2. The van der Waals surface area contributed by atoms with Crippen LogP contribution in [0.4, 0.5) is 4.39 Å². The van der Waals surface area contributed by atoms with Crippen LogP contribution in [-0.4, -0.2) is 5.78 Å². The molecule has 0 aliphatic heterocycles. The van der Waals surface area contributed by atoms with Gasteiger partial charge in [0.1, 0.15) is 5.82 Å². The first-order valence-electron chi connectivity index (χ1n) is 12.5. The maximum atomic E-state index is 13.5. The molecule has 0 amide bonds. The molecule has 0 aromatic heterocycles. The molecule has 0 N–H and O–H groups in total. The molecule has 0 bridgehead atoms. The van der Waals surface area contributed by atoms with E-state index in [9.17, 15) is 9.18 Å². The first kappa shape index (κ1) is 25.6. The van der Waals surface area contributed by atoms with E-state index in [0.29, 0.717) is 11.5 Å². The smallest absolute Gasteiger partial charge is 0.160 e. The van der Waals surface area contributed by atoms with Gasteiger partial charge in [0, 0.05) is 5.56 Å². The summed E-state index contributed by atoms with van der Waals surface area (Å²) in [5, 5.41) is 0. The number of halogens is 1. The number of benzene rings is 1. The molecule has 1 aromatic rings. The molecule has 1 aromatic carbocycles. The summed E-state index contributed by atoms with van der Waals surface area (Å²) >= 11 is 0. The van der Waals surface area contributed by atoms with E-state index in [0.717, 1.165) is 55.1 Å². The van der Waals surface area contributed by atoms with E-state index in [4.69, 9.17) is 0 Å². The molecule has 3 unspecified atom stereocenters. The van der Waals surface area contributed by atoms with Gasteiger partial charge in [-0.1, -0.05) is 83.6 Å². The van der Waals surface area contributed by atoms with E-state index in [-0.39, 0.29) is 11.6 Å². The lowest BCUT2D eigenvalue weighted by Gasteiger charge is -2.33. The SMILES string of the molecule is C=C(CCCCCC(=C)C(C)CC1CCCCC1CCC)c1ccc(F)cc1C(C)=O. The third-order valence-electron chi connectivity index (χ3n) is 7.30. The molecular weight excluding hydrogens is 383 g/mol. The Hall–Kier alpha value is -1.70. The van der Waals surface area contributed by atoms with Crippen LogP contribution in [0.1, 0.15) is 114 Å². The average molecular weight is 427 g/mol. The van der Waals surface area contributed by atoms with Gasteiger partial charge in [-0.05, 0) is 80.1 Å².